The van der Waals surface area contributed by atoms with Gasteiger partial charge in [0.25, 0.3) is 0 Å². The normalized spacial score (nSPS) is 35.6. The highest BCUT2D eigenvalue weighted by molar-refractivity contribution is 5.84. The summed E-state index contributed by atoms with van der Waals surface area (Å²) < 4.78 is 6.51. The Morgan fingerprint density at radius 2 is 1.59 bits per heavy atom. The van der Waals surface area contributed by atoms with Gasteiger partial charge in [-0.25, -0.2) is 4.79 Å². The molecule has 0 aromatic heterocycles. The third-order valence-corrected chi connectivity index (χ3v) is 11.2. The summed E-state index contributed by atoms with van der Waals surface area (Å²) in [6.45, 7) is 2.78. The van der Waals surface area contributed by atoms with Gasteiger partial charge in [0, 0.05) is 44.2 Å². The number of nitrogens with zero attached hydrogens (tertiary/aromatic N) is 2. The predicted molar refractivity (Wildman–Crippen MR) is 159 cm³/mol. The van der Waals surface area contributed by atoms with Gasteiger partial charge in [0.1, 0.15) is 6.04 Å². The number of amides is 2. The molecule has 10 nitrogen and oxygen atoms in total. The van der Waals surface area contributed by atoms with Crippen LogP contribution in [0.1, 0.15) is 96.3 Å². The van der Waals surface area contributed by atoms with E-state index in [0.29, 0.717) is 43.7 Å². The van der Waals surface area contributed by atoms with Crippen LogP contribution in [0.4, 0.5) is 4.79 Å². The molecule has 7 N–H and O–H groups in total. The quantitative estimate of drug-likeness (QED) is 0.208. The molecule has 2 amide bonds. The van der Waals surface area contributed by atoms with Crippen molar-refractivity contribution in [3.63, 3.8) is 0 Å². The molecule has 5 rings (SSSR count). The van der Waals surface area contributed by atoms with Crippen molar-refractivity contribution in [2.45, 2.75) is 127 Å². The van der Waals surface area contributed by atoms with Crippen LogP contribution in [-0.4, -0.2) is 89.3 Å². The van der Waals surface area contributed by atoms with E-state index in [-0.39, 0.29) is 41.7 Å². The molecule has 2 heterocycles. The Morgan fingerprint density at radius 1 is 0.902 bits per heavy atom. The molecule has 0 spiro atoms. The summed E-state index contributed by atoms with van der Waals surface area (Å²) in [5.74, 6) is 1.76. The first-order valence-electron chi connectivity index (χ1n) is 16.6. The first kappa shape index (κ1) is 30.5. The number of carbonyl (C=O) groups is 2. The van der Waals surface area contributed by atoms with Crippen LogP contribution in [0.3, 0.4) is 0 Å². The van der Waals surface area contributed by atoms with Crippen molar-refractivity contribution in [1.29, 1.82) is 5.41 Å². The first-order chi connectivity index (χ1) is 19.8. The molecule has 3 saturated carbocycles. The molecule has 0 radical (unpaired) electrons. The molecule has 2 saturated heterocycles. The van der Waals surface area contributed by atoms with Crippen molar-refractivity contribution in [3.8, 4) is 0 Å². The van der Waals surface area contributed by atoms with Crippen LogP contribution in [-0.2, 0) is 9.53 Å². The SMILES string of the molecule is N=C(N)C1CCC2C(N)C(C(=O)N3CCC(CCNC(=O)O)CC3)N(CC3CCC(OC4CCCCC4)CC3)C2C1. The molecule has 2 aliphatic heterocycles. The average Bonchev–Trinajstić information content (AvgIpc) is 3.24. The maximum Gasteiger partial charge on any atom is 0.404 e. The summed E-state index contributed by atoms with van der Waals surface area (Å²) in [6.07, 6.45) is 16.0. The summed E-state index contributed by atoms with van der Waals surface area (Å²) >= 11 is 0. The van der Waals surface area contributed by atoms with E-state index in [2.05, 4.69) is 10.2 Å². The lowest BCUT2D eigenvalue weighted by atomic mass is 9.76. The van der Waals surface area contributed by atoms with Crippen LogP contribution < -0.4 is 16.8 Å². The maximum absolute atomic E-state index is 14.1. The Labute approximate surface area is 245 Å². The van der Waals surface area contributed by atoms with Gasteiger partial charge in [-0.3, -0.25) is 15.1 Å². The zero-order chi connectivity index (χ0) is 28.9. The smallest absolute Gasteiger partial charge is 0.404 e. The standard InChI is InChI=1S/C31H54N6O4/c32-27-25-11-8-22(29(33)34)18-26(25)37(19-21-6-9-24(10-7-21)41-23-4-2-1-3-5-23)28(27)30(38)36-16-13-20(14-17-36)12-15-35-31(39)40/h20-28,35H,1-19,32H2,(H3,33,34)(H,39,40). The summed E-state index contributed by atoms with van der Waals surface area (Å²) in [7, 11) is 0. The zero-order valence-corrected chi connectivity index (χ0v) is 24.9. The highest BCUT2D eigenvalue weighted by atomic mass is 16.5. The summed E-state index contributed by atoms with van der Waals surface area (Å²) in [5, 5.41) is 19.4. The predicted octanol–water partition coefficient (Wildman–Crippen LogP) is 3.52. The van der Waals surface area contributed by atoms with Gasteiger partial charge in [-0.15, -0.1) is 0 Å². The van der Waals surface area contributed by atoms with Crippen molar-refractivity contribution in [2.24, 2.45) is 35.1 Å². The van der Waals surface area contributed by atoms with Gasteiger partial charge < -0.3 is 31.5 Å². The Morgan fingerprint density at radius 3 is 2.24 bits per heavy atom. The Hall–Kier alpha value is -1.91. The van der Waals surface area contributed by atoms with Crippen LogP contribution in [0.25, 0.3) is 0 Å². The van der Waals surface area contributed by atoms with E-state index in [4.69, 9.17) is 26.7 Å². The fourth-order valence-electron chi connectivity index (χ4n) is 8.73. The molecule has 5 aliphatic rings. The molecule has 5 unspecified atom stereocenters. The Kier molecular flexibility index (Phi) is 10.5. The van der Waals surface area contributed by atoms with E-state index in [1.807, 2.05) is 4.90 Å². The second kappa shape index (κ2) is 14.0. The lowest BCUT2D eigenvalue weighted by Gasteiger charge is -2.41. The summed E-state index contributed by atoms with van der Waals surface area (Å²) in [6, 6.07) is -0.293. The molecule has 0 aromatic rings. The Balaban J connectivity index is 1.21. The molecule has 10 heteroatoms. The van der Waals surface area contributed by atoms with Crippen LogP contribution in [0.5, 0.6) is 0 Å². The maximum atomic E-state index is 14.1. The number of ether oxygens (including phenoxy) is 1. The largest absolute Gasteiger partial charge is 0.465 e. The van der Waals surface area contributed by atoms with Gasteiger partial charge >= 0.3 is 6.09 Å². The number of likely N-dealkylation sites (tertiary alicyclic amines) is 2. The molecule has 3 aliphatic carbocycles. The third kappa shape index (κ3) is 7.54. The topological polar surface area (TPSA) is 158 Å². The molecule has 5 atom stereocenters. The van der Waals surface area contributed by atoms with Gasteiger partial charge in [0.05, 0.1) is 18.0 Å². The molecule has 5 fully saturated rings. The molecular formula is C31H54N6O4. The van der Waals surface area contributed by atoms with Crippen LogP contribution in [0.15, 0.2) is 0 Å². The highest BCUT2D eigenvalue weighted by Crippen LogP contribution is 2.43. The van der Waals surface area contributed by atoms with E-state index >= 15 is 0 Å². The van der Waals surface area contributed by atoms with Crippen molar-refractivity contribution >= 4 is 17.8 Å². The summed E-state index contributed by atoms with van der Waals surface area (Å²) in [5.41, 5.74) is 12.9. The van der Waals surface area contributed by atoms with Crippen molar-refractivity contribution in [1.82, 2.24) is 15.1 Å². The van der Waals surface area contributed by atoms with Gasteiger partial charge in [-0.05, 0) is 94.8 Å². The fraction of sp³-hybridized carbons (Fsp3) is 0.903. The number of amidine groups is 1. The van der Waals surface area contributed by atoms with Gasteiger partial charge in [-0.1, -0.05) is 19.3 Å². The third-order valence-electron chi connectivity index (χ3n) is 11.2. The van der Waals surface area contributed by atoms with E-state index in [9.17, 15) is 9.59 Å². The van der Waals surface area contributed by atoms with Crippen molar-refractivity contribution < 1.29 is 19.4 Å². The van der Waals surface area contributed by atoms with E-state index in [1.54, 1.807) is 0 Å². The zero-order valence-electron chi connectivity index (χ0n) is 24.9. The number of piperidine rings is 1. The molecule has 41 heavy (non-hydrogen) atoms. The number of nitrogens with two attached hydrogens (primary N) is 2. The second-order valence-electron chi connectivity index (χ2n) is 13.7. The number of fused-ring (bicyclic) bond motifs is 1. The number of carbonyl (C=O) groups excluding carboxylic acids is 1. The number of hydrogen-bond donors (Lipinski definition) is 5. The first-order valence-corrected chi connectivity index (χ1v) is 16.6. The van der Waals surface area contributed by atoms with E-state index in [1.165, 1.54) is 32.1 Å². The minimum absolute atomic E-state index is 0.0783. The van der Waals surface area contributed by atoms with Gasteiger partial charge in [0.15, 0.2) is 0 Å². The highest BCUT2D eigenvalue weighted by Gasteiger charge is 2.53. The molecule has 0 aromatic carbocycles. The van der Waals surface area contributed by atoms with Crippen LogP contribution in [0, 0.1) is 29.1 Å². The van der Waals surface area contributed by atoms with E-state index < -0.39 is 6.09 Å². The van der Waals surface area contributed by atoms with Crippen molar-refractivity contribution in [3.05, 3.63) is 0 Å². The van der Waals surface area contributed by atoms with Crippen molar-refractivity contribution in [2.75, 3.05) is 26.2 Å². The number of nitrogens with one attached hydrogen (secondary N) is 2. The van der Waals surface area contributed by atoms with Crippen LogP contribution in [0.2, 0.25) is 0 Å². The van der Waals surface area contributed by atoms with Crippen LogP contribution >= 0.6 is 0 Å². The van der Waals surface area contributed by atoms with E-state index in [0.717, 1.165) is 70.8 Å². The van der Waals surface area contributed by atoms with Gasteiger partial charge in [0.2, 0.25) is 5.91 Å². The monoisotopic (exact) mass is 574 g/mol. The minimum Gasteiger partial charge on any atom is -0.465 e. The fourth-order valence-corrected chi connectivity index (χ4v) is 8.73. The Bertz CT molecular complexity index is 897. The molecule has 0 bridgehead atoms. The molecular weight excluding hydrogens is 520 g/mol. The number of rotatable bonds is 9. The average molecular weight is 575 g/mol. The minimum atomic E-state index is -0.980. The number of hydrogen-bond acceptors (Lipinski definition) is 6. The number of carboxylic acid groups (broad SMARTS) is 1. The second-order valence-corrected chi connectivity index (χ2v) is 13.7. The molecule has 232 valence electrons. The lowest BCUT2D eigenvalue weighted by Crippen LogP contribution is -2.55. The van der Waals surface area contributed by atoms with Gasteiger partial charge in [-0.2, -0.15) is 0 Å². The summed E-state index contributed by atoms with van der Waals surface area (Å²) in [4.78, 5) is 29.4. The lowest BCUT2D eigenvalue weighted by molar-refractivity contribution is -0.138.